The number of hydrogen-bond acceptors (Lipinski definition) is 2. The predicted molar refractivity (Wildman–Crippen MR) is 41.7 cm³/mol. The van der Waals surface area contributed by atoms with Gasteiger partial charge >= 0.3 is 0 Å². The molecule has 58 valence electrons. The van der Waals surface area contributed by atoms with Crippen molar-refractivity contribution >= 4 is 0 Å². The van der Waals surface area contributed by atoms with Crippen LogP contribution in [0.2, 0.25) is 0 Å². The minimum atomic E-state index is 0.440. The van der Waals surface area contributed by atoms with Crippen LogP contribution in [0.5, 0.6) is 0 Å². The highest BCUT2D eigenvalue weighted by Gasteiger charge is 2.43. The Kier molecular flexibility index (Phi) is 1.46. The van der Waals surface area contributed by atoms with Gasteiger partial charge in [0.05, 0.1) is 0 Å². The molecule has 0 aromatic rings. The zero-order valence-electron chi connectivity index (χ0n) is 6.40. The van der Waals surface area contributed by atoms with E-state index >= 15 is 0 Å². The maximum atomic E-state index is 6.01. The number of piperidine rings is 1. The van der Waals surface area contributed by atoms with Crippen LogP contribution in [-0.4, -0.2) is 19.1 Å². The maximum Gasteiger partial charge on any atom is 0.0223 e. The molecule has 1 heterocycles. The molecule has 2 rings (SSSR count). The van der Waals surface area contributed by atoms with Crippen molar-refractivity contribution in [1.29, 1.82) is 0 Å². The minimum Gasteiger partial charge on any atom is -0.326 e. The molecular formula is C8H16N2. The number of nitrogens with two attached hydrogens (primary N) is 1. The lowest BCUT2D eigenvalue weighted by atomic mass is 9.61. The van der Waals surface area contributed by atoms with E-state index in [1.807, 2.05) is 0 Å². The lowest BCUT2D eigenvalue weighted by Crippen LogP contribution is -2.56. The van der Waals surface area contributed by atoms with E-state index < -0.39 is 0 Å². The van der Waals surface area contributed by atoms with E-state index in [4.69, 9.17) is 5.73 Å². The Bertz CT molecular complexity index is 129. The summed E-state index contributed by atoms with van der Waals surface area (Å²) in [7, 11) is 0. The molecule has 0 radical (unpaired) electrons. The normalized spacial score (nSPS) is 37.5. The SMILES string of the molecule is NC1CNCCC12CCC2. The van der Waals surface area contributed by atoms with Crippen molar-refractivity contribution in [2.45, 2.75) is 31.7 Å². The van der Waals surface area contributed by atoms with Gasteiger partial charge in [-0.1, -0.05) is 6.42 Å². The third-order valence-corrected chi connectivity index (χ3v) is 3.30. The fourth-order valence-corrected chi connectivity index (χ4v) is 2.25. The van der Waals surface area contributed by atoms with Gasteiger partial charge in [0, 0.05) is 12.6 Å². The van der Waals surface area contributed by atoms with Crippen LogP contribution >= 0.6 is 0 Å². The quantitative estimate of drug-likeness (QED) is 0.513. The molecule has 2 aliphatic rings. The van der Waals surface area contributed by atoms with E-state index in [1.54, 1.807) is 0 Å². The van der Waals surface area contributed by atoms with E-state index in [1.165, 1.54) is 32.2 Å². The summed E-state index contributed by atoms with van der Waals surface area (Å²) in [5.41, 5.74) is 6.59. The molecule has 0 aromatic carbocycles. The van der Waals surface area contributed by atoms with Gasteiger partial charge in [0.15, 0.2) is 0 Å². The molecule has 1 saturated carbocycles. The Balaban J connectivity index is 2.03. The summed E-state index contributed by atoms with van der Waals surface area (Å²) < 4.78 is 0. The van der Waals surface area contributed by atoms with Gasteiger partial charge in [-0.3, -0.25) is 0 Å². The summed E-state index contributed by atoms with van der Waals surface area (Å²) in [6.07, 6.45) is 5.49. The van der Waals surface area contributed by atoms with Crippen LogP contribution < -0.4 is 11.1 Å². The Morgan fingerprint density at radius 3 is 2.50 bits per heavy atom. The number of hydrogen-bond donors (Lipinski definition) is 2. The Morgan fingerprint density at radius 1 is 1.30 bits per heavy atom. The average Bonchev–Trinajstić information content (AvgIpc) is 1.85. The van der Waals surface area contributed by atoms with Crippen molar-refractivity contribution in [2.75, 3.05) is 13.1 Å². The molecule has 2 fully saturated rings. The summed E-state index contributed by atoms with van der Waals surface area (Å²) in [5.74, 6) is 0. The fourth-order valence-electron chi connectivity index (χ4n) is 2.25. The molecule has 2 nitrogen and oxygen atoms in total. The molecule has 1 spiro atoms. The molecule has 1 aliphatic heterocycles. The Labute approximate surface area is 62.2 Å². The number of nitrogens with one attached hydrogen (secondary N) is 1. The lowest BCUT2D eigenvalue weighted by molar-refractivity contribution is 0.0613. The van der Waals surface area contributed by atoms with Crippen LogP contribution in [0.4, 0.5) is 0 Å². The van der Waals surface area contributed by atoms with Crippen molar-refractivity contribution in [2.24, 2.45) is 11.1 Å². The smallest absolute Gasteiger partial charge is 0.0223 e. The lowest BCUT2D eigenvalue weighted by Gasteiger charge is -2.49. The molecule has 2 heteroatoms. The summed E-state index contributed by atoms with van der Waals surface area (Å²) in [5, 5.41) is 3.33. The van der Waals surface area contributed by atoms with E-state index in [9.17, 15) is 0 Å². The first-order chi connectivity index (χ1) is 4.83. The first kappa shape index (κ1) is 6.62. The molecule has 0 bridgehead atoms. The van der Waals surface area contributed by atoms with E-state index in [-0.39, 0.29) is 0 Å². The van der Waals surface area contributed by atoms with Gasteiger partial charge in [-0.15, -0.1) is 0 Å². The topological polar surface area (TPSA) is 38.0 Å². The van der Waals surface area contributed by atoms with Crippen molar-refractivity contribution in [3.63, 3.8) is 0 Å². The second kappa shape index (κ2) is 2.21. The summed E-state index contributed by atoms with van der Waals surface area (Å²) in [4.78, 5) is 0. The third-order valence-electron chi connectivity index (χ3n) is 3.30. The Morgan fingerprint density at radius 2 is 2.10 bits per heavy atom. The van der Waals surface area contributed by atoms with E-state index in [0.717, 1.165) is 6.54 Å². The molecular weight excluding hydrogens is 124 g/mol. The molecule has 1 atom stereocenters. The molecule has 1 unspecified atom stereocenters. The highest BCUT2D eigenvalue weighted by atomic mass is 14.9. The largest absolute Gasteiger partial charge is 0.326 e. The average molecular weight is 140 g/mol. The van der Waals surface area contributed by atoms with E-state index in [0.29, 0.717) is 11.5 Å². The van der Waals surface area contributed by atoms with Crippen molar-refractivity contribution < 1.29 is 0 Å². The molecule has 1 saturated heterocycles. The van der Waals surface area contributed by atoms with Gasteiger partial charge in [0.2, 0.25) is 0 Å². The van der Waals surface area contributed by atoms with Gasteiger partial charge in [-0.25, -0.2) is 0 Å². The van der Waals surface area contributed by atoms with Crippen LogP contribution in [0.25, 0.3) is 0 Å². The van der Waals surface area contributed by atoms with Gasteiger partial charge in [0.25, 0.3) is 0 Å². The zero-order valence-corrected chi connectivity index (χ0v) is 6.40. The third kappa shape index (κ3) is 0.789. The van der Waals surface area contributed by atoms with Crippen LogP contribution in [0.1, 0.15) is 25.7 Å². The highest BCUT2D eigenvalue weighted by Crippen LogP contribution is 2.46. The van der Waals surface area contributed by atoms with Crippen LogP contribution in [-0.2, 0) is 0 Å². The van der Waals surface area contributed by atoms with Crippen LogP contribution in [0.15, 0.2) is 0 Å². The summed E-state index contributed by atoms with van der Waals surface area (Å²) in [6.45, 7) is 2.23. The summed E-state index contributed by atoms with van der Waals surface area (Å²) >= 11 is 0. The van der Waals surface area contributed by atoms with Crippen molar-refractivity contribution in [3.8, 4) is 0 Å². The molecule has 1 aliphatic carbocycles. The highest BCUT2D eigenvalue weighted by molar-refractivity contribution is 4.99. The van der Waals surface area contributed by atoms with Gasteiger partial charge in [0.1, 0.15) is 0 Å². The fraction of sp³-hybridized carbons (Fsp3) is 1.00. The van der Waals surface area contributed by atoms with Gasteiger partial charge in [-0.05, 0) is 31.2 Å². The van der Waals surface area contributed by atoms with Crippen molar-refractivity contribution in [1.82, 2.24) is 5.32 Å². The maximum absolute atomic E-state index is 6.01. The molecule has 10 heavy (non-hydrogen) atoms. The van der Waals surface area contributed by atoms with Gasteiger partial charge < -0.3 is 11.1 Å². The van der Waals surface area contributed by atoms with Crippen molar-refractivity contribution in [3.05, 3.63) is 0 Å². The Hall–Kier alpha value is -0.0800. The monoisotopic (exact) mass is 140 g/mol. The van der Waals surface area contributed by atoms with E-state index in [2.05, 4.69) is 5.32 Å². The van der Waals surface area contributed by atoms with Gasteiger partial charge in [-0.2, -0.15) is 0 Å². The minimum absolute atomic E-state index is 0.440. The summed E-state index contributed by atoms with van der Waals surface area (Å²) in [6, 6.07) is 0.440. The second-order valence-corrected chi connectivity index (χ2v) is 3.78. The standard InChI is InChI=1S/C8H16N2/c9-7-6-10-5-4-8(7)2-1-3-8/h7,10H,1-6,9H2. The first-order valence-electron chi connectivity index (χ1n) is 4.30. The van der Waals surface area contributed by atoms with Crippen LogP contribution in [0, 0.1) is 5.41 Å². The molecule has 3 N–H and O–H groups in total. The molecule has 0 amide bonds. The predicted octanol–water partition coefficient (Wildman–Crippen LogP) is 0.477. The zero-order chi connectivity index (χ0) is 7.03. The second-order valence-electron chi connectivity index (χ2n) is 3.78. The first-order valence-corrected chi connectivity index (χ1v) is 4.30. The molecule has 0 aromatic heterocycles. The van der Waals surface area contributed by atoms with Crippen LogP contribution in [0.3, 0.4) is 0 Å². The number of rotatable bonds is 0.